The Bertz CT molecular complexity index is 401. The maximum Gasteiger partial charge on any atom is 0.186 e. The first-order chi connectivity index (χ1) is 8.17. The van der Waals surface area contributed by atoms with E-state index < -0.39 is 0 Å². The van der Waals surface area contributed by atoms with E-state index in [1.54, 1.807) is 7.11 Å². The topological polar surface area (TPSA) is 50.7 Å². The molecule has 0 aliphatic carbocycles. The van der Waals surface area contributed by atoms with Crippen LogP contribution in [0.5, 0.6) is 5.75 Å². The number of anilines is 1. The van der Waals surface area contributed by atoms with Gasteiger partial charge < -0.3 is 4.74 Å². The minimum absolute atomic E-state index is 0.0298. The molecule has 4 nitrogen and oxygen atoms in total. The number of nitrogens with zero attached hydrogens (tertiary/aromatic N) is 1. The zero-order valence-corrected chi connectivity index (χ0v) is 11.0. The van der Waals surface area contributed by atoms with Crippen molar-refractivity contribution >= 4 is 28.3 Å². The van der Waals surface area contributed by atoms with Crippen molar-refractivity contribution in [3.05, 3.63) is 24.3 Å². The molecule has 0 spiro atoms. The number of carbonyl (C=O) groups excluding carboxylic acids is 1. The number of nitrogens with one attached hydrogen (secondary N) is 1. The summed E-state index contributed by atoms with van der Waals surface area (Å²) in [6.45, 7) is 3.49. The molecule has 1 aromatic rings. The van der Waals surface area contributed by atoms with Crippen molar-refractivity contribution in [1.29, 1.82) is 0 Å². The number of Topliss-reactive ketones (excluding diaryl/α,β-unsaturated/α-hetero) is 1. The van der Waals surface area contributed by atoms with Crippen molar-refractivity contribution < 1.29 is 9.53 Å². The van der Waals surface area contributed by atoms with Crippen LogP contribution in [0.4, 0.5) is 5.69 Å². The second kappa shape index (κ2) is 6.96. The smallest absolute Gasteiger partial charge is 0.186 e. The van der Waals surface area contributed by atoms with Gasteiger partial charge in [-0.25, -0.2) is 0 Å². The van der Waals surface area contributed by atoms with Crippen LogP contribution in [0, 0.1) is 0 Å². The first-order valence-electron chi connectivity index (χ1n) is 5.28. The molecule has 0 radical (unpaired) electrons. The fourth-order valence-corrected chi connectivity index (χ4v) is 1.72. The zero-order chi connectivity index (χ0) is 12.7. The molecule has 5 heteroatoms. The van der Waals surface area contributed by atoms with E-state index in [4.69, 9.17) is 4.74 Å². The van der Waals surface area contributed by atoms with Crippen LogP contribution in [-0.4, -0.2) is 23.7 Å². The van der Waals surface area contributed by atoms with Crippen LogP contribution in [0.25, 0.3) is 0 Å². The highest BCUT2D eigenvalue weighted by Gasteiger charge is 2.04. The van der Waals surface area contributed by atoms with E-state index in [2.05, 4.69) is 10.5 Å². The highest BCUT2D eigenvalue weighted by atomic mass is 32.2. The number of hydrogen-bond acceptors (Lipinski definition) is 5. The van der Waals surface area contributed by atoms with Gasteiger partial charge in [0.15, 0.2) is 10.8 Å². The largest absolute Gasteiger partial charge is 0.497 e. The normalized spacial score (nSPS) is 11.1. The zero-order valence-electron chi connectivity index (χ0n) is 10.2. The van der Waals surface area contributed by atoms with Crippen LogP contribution in [0.15, 0.2) is 29.4 Å². The van der Waals surface area contributed by atoms with Gasteiger partial charge in [-0.2, -0.15) is 5.10 Å². The highest BCUT2D eigenvalue weighted by molar-refractivity contribution is 8.15. The fraction of sp³-hybridized carbons (Fsp3) is 0.333. The molecular formula is C12H16N2O2S. The van der Waals surface area contributed by atoms with E-state index in [1.807, 2.05) is 31.2 Å². The van der Waals surface area contributed by atoms with Crippen molar-refractivity contribution in [2.45, 2.75) is 13.8 Å². The van der Waals surface area contributed by atoms with Crippen molar-refractivity contribution in [1.82, 2.24) is 0 Å². The number of hydrazone groups is 1. The van der Waals surface area contributed by atoms with Gasteiger partial charge in [-0.15, -0.1) is 11.8 Å². The van der Waals surface area contributed by atoms with E-state index in [0.29, 0.717) is 5.04 Å². The van der Waals surface area contributed by atoms with Gasteiger partial charge in [0, 0.05) is 6.92 Å². The van der Waals surface area contributed by atoms with Crippen LogP contribution in [0.3, 0.4) is 0 Å². The average molecular weight is 252 g/mol. The SMILES string of the molecule is CCS/C(=N\Nc1ccc(OC)cc1)C(C)=O. The summed E-state index contributed by atoms with van der Waals surface area (Å²) < 4.78 is 5.05. The summed E-state index contributed by atoms with van der Waals surface area (Å²) in [5.74, 6) is 1.58. The molecule has 1 aromatic carbocycles. The number of ketones is 1. The molecule has 0 bridgehead atoms. The predicted molar refractivity (Wildman–Crippen MR) is 72.9 cm³/mol. The van der Waals surface area contributed by atoms with Gasteiger partial charge >= 0.3 is 0 Å². The number of benzene rings is 1. The lowest BCUT2D eigenvalue weighted by Crippen LogP contribution is -2.08. The number of ether oxygens (including phenoxy) is 1. The van der Waals surface area contributed by atoms with E-state index in [9.17, 15) is 4.79 Å². The lowest BCUT2D eigenvalue weighted by molar-refractivity contribution is -0.110. The van der Waals surface area contributed by atoms with Crippen molar-refractivity contribution in [2.75, 3.05) is 18.3 Å². The highest BCUT2D eigenvalue weighted by Crippen LogP contribution is 2.15. The van der Waals surface area contributed by atoms with Crippen LogP contribution in [-0.2, 0) is 4.79 Å². The maximum absolute atomic E-state index is 11.2. The van der Waals surface area contributed by atoms with Crippen LogP contribution in [0.1, 0.15) is 13.8 Å². The molecule has 1 rings (SSSR count). The Kier molecular flexibility index (Phi) is 5.56. The Morgan fingerprint density at radius 3 is 2.53 bits per heavy atom. The summed E-state index contributed by atoms with van der Waals surface area (Å²) in [7, 11) is 1.62. The summed E-state index contributed by atoms with van der Waals surface area (Å²) in [4.78, 5) is 11.2. The molecule has 0 aliphatic heterocycles. The fourth-order valence-electron chi connectivity index (χ4n) is 1.13. The number of methoxy groups -OCH3 is 1. The van der Waals surface area contributed by atoms with Crippen molar-refractivity contribution in [3.8, 4) is 5.75 Å². The molecular weight excluding hydrogens is 236 g/mol. The Labute approximate surface area is 105 Å². The number of rotatable bonds is 5. The molecule has 0 fully saturated rings. The van der Waals surface area contributed by atoms with Gasteiger partial charge in [-0.3, -0.25) is 10.2 Å². The van der Waals surface area contributed by atoms with Crippen molar-refractivity contribution in [3.63, 3.8) is 0 Å². The van der Waals surface area contributed by atoms with Gasteiger partial charge in [-0.05, 0) is 30.0 Å². The summed E-state index contributed by atoms with van der Waals surface area (Å²) >= 11 is 1.42. The Morgan fingerprint density at radius 1 is 1.41 bits per heavy atom. The van der Waals surface area contributed by atoms with Gasteiger partial charge in [0.05, 0.1) is 12.8 Å². The minimum Gasteiger partial charge on any atom is -0.497 e. The van der Waals surface area contributed by atoms with Crippen LogP contribution in [0.2, 0.25) is 0 Å². The van der Waals surface area contributed by atoms with Crippen molar-refractivity contribution in [2.24, 2.45) is 5.10 Å². The minimum atomic E-state index is -0.0298. The number of thioether (sulfide) groups is 1. The predicted octanol–water partition coefficient (Wildman–Crippen LogP) is 2.76. The molecule has 92 valence electrons. The first-order valence-corrected chi connectivity index (χ1v) is 6.27. The third kappa shape index (κ3) is 4.48. The monoisotopic (exact) mass is 252 g/mol. The number of carbonyl (C=O) groups is 1. The van der Waals surface area contributed by atoms with E-state index in [1.165, 1.54) is 18.7 Å². The molecule has 0 saturated heterocycles. The summed E-state index contributed by atoms with van der Waals surface area (Å²) in [6, 6.07) is 7.35. The second-order valence-corrected chi connectivity index (χ2v) is 4.50. The molecule has 0 heterocycles. The van der Waals surface area contributed by atoms with Gasteiger partial charge in [0.2, 0.25) is 0 Å². The maximum atomic E-state index is 11.2. The molecule has 0 aliphatic rings. The van der Waals surface area contributed by atoms with E-state index in [0.717, 1.165) is 17.2 Å². The van der Waals surface area contributed by atoms with E-state index >= 15 is 0 Å². The lowest BCUT2D eigenvalue weighted by atomic mass is 10.3. The molecule has 0 saturated carbocycles. The molecule has 1 N–H and O–H groups in total. The van der Waals surface area contributed by atoms with Crippen LogP contribution >= 0.6 is 11.8 Å². The third-order valence-electron chi connectivity index (χ3n) is 1.96. The van der Waals surface area contributed by atoms with Crippen LogP contribution < -0.4 is 10.2 Å². The van der Waals surface area contributed by atoms with Gasteiger partial charge in [0.25, 0.3) is 0 Å². The standard InChI is InChI=1S/C12H16N2O2S/c1-4-17-12(9(2)15)14-13-10-5-7-11(16-3)8-6-10/h5-8,13H,4H2,1-3H3/b14-12-. The third-order valence-corrected chi connectivity index (χ3v) is 2.90. The molecule has 0 unspecified atom stereocenters. The lowest BCUT2D eigenvalue weighted by Gasteiger charge is -2.04. The molecule has 0 amide bonds. The summed E-state index contributed by atoms with van der Waals surface area (Å²) in [5.41, 5.74) is 3.67. The number of hydrogen-bond donors (Lipinski definition) is 1. The second-order valence-electron chi connectivity index (χ2n) is 3.25. The van der Waals surface area contributed by atoms with Gasteiger partial charge in [0.1, 0.15) is 5.75 Å². The molecule has 17 heavy (non-hydrogen) atoms. The molecule has 0 aromatic heterocycles. The summed E-state index contributed by atoms with van der Waals surface area (Å²) in [5, 5.41) is 4.57. The average Bonchev–Trinajstić information content (AvgIpc) is 2.34. The quantitative estimate of drug-likeness (QED) is 0.497. The molecule has 0 atom stereocenters. The Hall–Kier alpha value is -1.49. The van der Waals surface area contributed by atoms with E-state index in [-0.39, 0.29) is 5.78 Å². The summed E-state index contributed by atoms with van der Waals surface area (Å²) in [6.07, 6.45) is 0. The van der Waals surface area contributed by atoms with Gasteiger partial charge in [-0.1, -0.05) is 6.92 Å². The Balaban J connectivity index is 2.69. The Morgan fingerprint density at radius 2 is 2.06 bits per heavy atom. The first kappa shape index (κ1) is 13.6.